The molecule has 0 radical (unpaired) electrons. The molecule has 1 spiro atoms. The Morgan fingerprint density at radius 3 is 2.39 bits per heavy atom. The lowest BCUT2D eigenvalue weighted by Gasteiger charge is -2.37. The molecule has 1 amide bonds. The third-order valence-corrected chi connectivity index (χ3v) is 6.76. The highest BCUT2D eigenvalue weighted by Gasteiger charge is 2.47. The van der Waals surface area contributed by atoms with Crippen LogP contribution in [-0.4, -0.2) is 65.1 Å². The van der Waals surface area contributed by atoms with Crippen molar-refractivity contribution in [3.8, 4) is 0 Å². The zero-order valence-corrected chi connectivity index (χ0v) is 21.7. The lowest BCUT2D eigenvalue weighted by molar-refractivity contribution is 0.00327. The number of ether oxygens (including phenoxy) is 1. The molecule has 202 valence electrons. The van der Waals surface area contributed by atoms with Gasteiger partial charge in [0.1, 0.15) is 17.2 Å². The smallest absolute Gasteiger partial charge is 0.415 e. The molecule has 2 aromatic carbocycles. The van der Waals surface area contributed by atoms with Crippen molar-refractivity contribution < 1.29 is 28.2 Å². The van der Waals surface area contributed by atoms with Crippen molar-refractivity contribution in [3.05, 3.63) is 77.0 Å². The maximum absolute atomic E-state index is 14.5. The summed E-state index contributed by atoms with van der Waals surface area (Å²) in [5.41, 5.74) is 0.336. The Kier molecular flexibility index (Phi) is 7.55. The molecule has 8 nitrogen and oxygen atoms in total. The van der Waals surface area contributed by atoms with Gasteiger partial charge in [-0.2, -0.15) is 0 Å². The molecule has 10 heteroatoms. The van der Waals surface area contributed by atoms with Crippen molar-refractivity contribution >= 4 is 23.5 Å². The number of carbonyl (C=O) groups excluding carboxylic acids is 1. The number of nitrogens with one attached hydrogen (secondary N) is 2. The zero-order chi connectivity index (χ0) is 27.7. The van der Waals surface area contributed by atoms with E-state index in [4.69, 9.17) is 15.3 Å². The number of aromatic carboxylic acids is 1. The van der Waals surface area contributed by atoms with Gasteiger partial charge in [0.05, 0.1) is 17.8 Å². The third kappa shape index (κ3) is 6.19. The zero-order valence-electron chi connectivity index (χ0n) is 21.7. The first-order valence-corrected chi connectivity index (χ1v) is 12.4. The van der Waals surface area contributed by atoms with Crippen molar-refractivity contribution in [3.63, 3.8) is 0 Å². The number of anilines is 1. The first kappa shape index (κ1) is 27.3. The number of rotatable bonds is 7. The predicted molar refractivity (Wildman–Crippen MR) is 140 cm³/mol. The molecule has 0 saturated carbocycles. The largest absolute Gasteiger partial charge is 0.478 e. The maximum Gasteiger partial charge on any atom is 0.415 e. The number of nitrogens with zero attached hydrogens (tertiary/aromatic N) is 2. The Balaban J connectivity index is 1.44. The fraction of sp³-hybridized carbons (Fsp3) is 0.393. The van der Waals surface area contributed by atoms with E-state index in [0.29, 0.717) is 50.3 Å². The SMILES string of the molecule is CC(C)(C)N/C=C(/CN1CCC2(CC1)CN(c1ccc(C(=O)O)cc1)C(=O)O2)C(=N)c1ccc(F)cc1F. The lowest BCUT2D eigenvalue weighted by Crippen LogP contribution is -2.47. The van der Waals surface area contributed by atoms with Gasteiger partial charge in [-0.15, -0.1) is 0 Å². The minimum atomic E-state index is -1.04. The summed E-state index contributed by atoms with van der Waals surface area (Å²) < 4.78 is 33.7. The summed E-state index contributed by atoms with van der Waals surface area (Å²) in [5, 5.41) is 21.0. The highest BCUT2D eigenvalue weighted by atomic mass is 19.1. The van der Waals surface area contributed by atoms with Crippen molar-refractivity contribution in [1.29, 1.82) is 5.41 Å². The van der Waals surface area contributed by atoms with Crippen molar-refractivity contribution in [2.24, 2.45) is 0 Å². The van der Waals surface area contributed by atoms with E-state index >= 15 is 0 Å². The summed E-state index contributed by atoms with van der Waals surface area (Å²) in [5.74, 6) is -2.52. The second-order valence-electron chi connectivity index (χ2n) is 10.8. The average molecular weight is 527 g/mol. The first-order valence-electron chi connectivity index (χ1n) is 12.4. The number of piperidine rings is 1. The monoisotopic (exact) mass is 526 g/mol. The van der Waals surface area contributed by atoms with Gasteiger partial charge < -0.3 is 15.2 Å². The van der Waals surface area contributed by atoms with Gasteiger partial charge in [-0.05, 0) is 57.2 Å². The summed E-state index contributed by atoms with van der Waals surface area (Å²) >= 11 is 0. The molecule has 38 heavy (non-hydrogen) atoms. The highest BCUT2D eigenvalue weighted by Crippen LogP contribution is 2.36. The van der Waals surface area contributed by atoms with Crippen LogP contribution in [0, 0.1) is 17.0 Å². The molecule has 0 aliphatic carbocycles. The van der Waals surface area contributed by atoms with E-state index in [1.165, 1.54) is 23.1 Å². The normalized spacial score (nSPS) is 18.0. The fourth-order valence-corrected chi connectivity index (χ4v) is 4.59. The van der Waals surface area contributed by atoms with Crippen molar-refractivity contribution in [2.75, 3.05) is 31.1 Å². The minimum absolute atomic E-state index is 0.0242. The van der Waals surface area contributed by atoms with Gasteiger partial charge in [-0.25, -0.2) is 18.4 Å². The molecule has 2 heterocycles. The number of hydrogen-bond donors (Lipinski definition) is 3. The summed E-state index contributed by atoms with van der Waals surface area (Å²) in [6.07, 6.45) is 2.39. The van der Waals surface area contributed by atoms with Crippen LogP contribution in [0.2, 0.25) is 0 Å². The number of carboxylic acid groups (broad SMARTS) is 1. The molecular formula is C28H32F2N4O4. The summed E-state index contributed by atoms with van der Waals surface area (Å²) in [6.45, 7) is 7.83. The van der Waals surface area contributed by atoms with E-state index in [9.17, 15) is 18.4 Å². The Morgan fingerprint density at radius 1 is 1.16 bits per heavy atom. The van der Waals surface area contributed by atoms with Gasteiger partial charge in [0, 0.05) is 67.1 Å². The predicted octanol–water partition coefficient (Wildman–Crippen LogP) is 4.79. The minimum Gasteiger partial charge on any atom is -0.478 e. The van der Waals surface area contributed by atoms with E-state index in [1.54, 1.807) is 18.3 Å². The van der Waals surface area contributed by atoms with Gasteiger partial charge in [0.15, 0.2) is 0 Å². The Hall–Kier alpha value is -3.79. The van der Waals surface area contributed by atoms with Crippen molar-refractivity contribution in [2.45, 2.75) is 44.8 Å². The molecule has 2 aromatic rings. The Labute approximate surface area is 220 Å². The molecule has 0 unspecified atom stereocenters. The fourth-order valence-electron chi connectivity index (χ4n) is 4.59. The number of hydrogen-bond acceptors (Lipinski definition) is 6. The maximum atomic E-state index is 14.5. The van der Waals surface area contributed by atoms with Crippen LogP contribution in [0.4, 0.5) is 19.3 Å². The topological polar surface area (TPSA) is 106 Å². The van der Waals surface area contributed by atoms with Gasteiger partial charge >= 0.3 is 12.1 Å². The van der Waals surface area contributed by atoms with E-state index in [2.05, 4.69) is 10.2 Å². The second kappa shape index (κ2) is 10.5. The van der Waals surface area contributed by atoms with E-state index in [0.717, 1.165) is 12.1 Å². The van der Waals surface area contributed by atoms with Gasteiger partial charge in [0.25, 0.3) is 0 Å². The van der Waals surface area contributed by atoms with Gasteiger partial charge in [-0.1, -0.05) is 0 Å². The Bertz CT molecular complexity index is 1260. The third-order valence-electron chi connectivity index (χ3n) is 6.76. The number of likely N-dealkylation sites (tertiary alicyclic amines) is 1. The van der Waals surface area contributed by atoms with Crippen LogP contribution in [0.15, 0.2) is 54.2 Å². The molecule has 2 fully saturated rings. The van der Waals surface area contributed by atoms with E-state index in [1.807, 2.05) is 20.8 Å². The van der Waals surface area contributed by atoms with Crippen LogP contribution in [0.5, 0.6) is 0 Å². The summed E-state index contributed by atoms with van der Waals surface area (Å²) in [4.78, 5) is 27.4. The average Bonchev–Trinajstić information content (AvgIpc) is 3.17. The summed E-state index contributed by atoms with van der Waals surface area (Å²) in [6, 6.07) is 9.30. The second-order valence-corrected chi connectivity index (χ2v) is 10.8. The molecule has 0 bridgehead atoms. The van der Waals surface area contributed by atoms with Crippen LogP contribution in [0.3, 0.4) is 0 Å². The molecule has 4 rings (SSSR count). The standard InChI is InChI=1S/C28H32F2N4O4/c1-27(2,3)32-15-19(24(31)22-9-6-20(29)14-23(22)30)16-33-12-10-28(11-13-33)17-34(26(37)38-28)21-7-4-18(5-8-21)25(35)36/h4-9,14-15,31-32H,10-13,16-17H2,1-3H3,(H,35,36)/b19-15-,31-24?. The number of carboxylic acids is 1. The van der Waals surface area contributed by atoms with Crippen LogP contribution < -0.4 is 10.2 Å². The van der Waals surface area contributed by atoms with Crippen LogP contribution in [0.1, 0.15) is 49.5 Å². The van der Waals surface area contributed by atoms with Crippen LogP contribution in [0.25, 0.3) is 0 Å². The highest BCUT2D eigenvalue weighted by molar-refractivity contribution is 6.11. The number of carbonyl (C=O) groups is 2. The quantitative estimate of drug-likeness (QED) is 0.448. The molecule has 0 aromatic heterocycles. The molecule has 2 aliphatic heterocycles. The number of amides is 1. The molecule has 2 saturated heterocycles. The summed E-state index contributed by atoms with van der Waals surface area (Å²) in [7, 11) is 0. The van der Waals surface area contributed by atoms with Crippen LogP contribution in [-0.2, 0) is 4.74 Å². The number of benzene rings is 2. The van der Waals surface area contributed by atoms with E-state index in [-0.39, 0.29) is 22.4 Å². The van der Waals surface area contributed by atoms with Crippen LogP contribution >= 0.6 is 0 Å². The molecule has 0 atom stereocenters. The number of halogens is 2. The molecule has 2 aliphatic rings. The van der Waals surface area contributed by atoms with E-state index < -0.39 is 29.3 Å². The molecular weight excluding hydrogens is 494 g/mol. The first-order chi connectivity index (χ1) is 17.9. The molecule has 3 N–H and O–H groups in total. The van der Waals surface area contributed by atoms with Gasteiger partial charge in [-0.3, -0.25) is 15.2 Å². The van der Waals surface area contributed by atoms with Gasteiger partial charge in [0.2, 0.25) is 0 Å². The van der Waals surface area contributed by atoms with Crippen molar-refractivity contribution in [1.82, 2.24) is 10.2 Å². The lowest BCUT2D eigenvalue weighted by atomic mass is 9.90. The Morgan fingerprint density at radius 2 is 1.82 bits per heavy atom.